The van der Waals surface area contributed by atoms with Crippen LogP contribution in [0.5, 0.6) is 0 Å². The van der Waals surface area contributed by atoms with E-state index in [1.54, 1.807) is 0 Å². The molecule has 0 aliphatic carbocycles. The maximum atomic E-state index is 13.1. The largest absolute Gasteiger partial charge is 0.472 e. The molecule has 0 rings (SSSR count). The van der Waals surface area contributed by atoms with E-state index in [0.717, 1.165) is 199 Å². The number of hydrogen-bond acceptors (Lipinski definition) is 15. The summed E-state index contributed by atoms with van der Waals surface area (Å²) in [6.07, 6.45) is 90.1. The molecule has 0 heterocycles. The van der Waals surface area contributed by atoms with Gasteiger partial charge in [-0.05, 0) is 135 Å². The molecule has 5 unspecified atom stereocenters. The number of esters is 4. The number of aliphatic hydroxyl groups is 1. The topological polar surface area (TPSA) is 237 Å². The lowest BCUT2D eigenvalue weighted by Gasteiger charge is -2.21. The van der Waals surface area contributed by atoms with E-state index < -0.39 is 97.5 Å². The quantitative estimate of drug-likeness (QED) is 0.0169. The van der Waals surface area contributed by atoms with Crippen LogP contribution in [-0.4, -0.2) is 96.7 Å². The van der Waals surface area contributed by atoms with E-state index in [1.807, 2.05) is 0 Å². The monoisotopic (exact) mass is 1560 g/mol. The van der Waals surface area contributed by atoms with Crippen molar-refractivity contribution in [1.82, 2.24) is 0 Å². The number of unbranched alkanes of at least 4 members (excludes halogenated alkanes) is 34. The van der Waals surface area contributed by atoms with Crippen LogP contribution in [0.3, 0.4) is 0 Å². The SMILES string of the molecule is CC/C=C\C/C=C\C/C=C\C/C=C\CCCCCCCCC(=O)OCC(COP(=O)(O)OCC(O)COP(=O)(O)OCC(COC(=O)CCCCCCC/C=C\C/C=C\C/C=C\CC)OC(=O)CCCCCCCCCCCCCCCCC)OC(=O)CCCCCCCC/C=C\C/C=C\C/C=C\CCCCC. The van der Waals surface area contributed by atoms with Gasteiger partial charge < -0.3 is 33.8 Å². The van der Waals surface area contributed by atoms with Crippen LogP contribution in [-0.2, 0) is 65.4 Å². The molecule has 0 saturated heterocycles. The maximum Gasteiger partial charge on any atom is 0.472 e. The number of allylic oxidation sites excluding steroid dienone is 20. The number of ether oxygens (including phenoxy) is 4. The van der Waals surface area contributed by atoms with Crippen molar-refractivity contribution in [2.75, 3.05) is 39.6 Å². The molecule has 0 aliphatic heterocycles. The average Bonchev–Trinajstić information content (AvgIpc) is 0.896. The summed E-state index contributed by atoms with van der Waals surface area (Å²) >= 11 is 0. The molecule has 0 aromatic rings. The van der Waals surface area contributed by atoms with Crippen molar-refractivity contribution in [3.63, 3.8) is 0 Å². The molecule has 108 heavy (non-hydrogen) atoms. The highest BCUT2D eigenvalue weighted by Crippen LogP contribution is 2.45. The minimum absolute atomic E-state index is 0.0752. The summed E-state index contributed by atoms with van der Waals surface area (Å²) in [5.41, 5.74) is 0. The van der Waals surface area contributed by atoms with Gasteiger partial charge in [0.15, 0.2) is 12.2 Å². The third-order valence-corrected chi connectivity index (χ3v) is 19.8. The zero-order valence-electron chi connectivity index (χ0n) is 68.2. The molecule has 0 spiro atoms. The standard InChI is InChI=1S/C89H154O17P2/c1-5-9-13-17-21-25-29-33-37-39-41-43-47-50-54-58-62-66-70-74-87(92)100-80-85(106-89(94)76-72-68-64-60-56-52-48-44-42-40-38-34-30-26-22-18-14-10-6-2)82-104-108(97,98)102-78-83(90)77-101-107(95,96)103-81-84(105-88(93)75-71-67-63-59-55-51-46-36-32-28-24-20-16-12-8-4)79-99-86(91)73-69-65-61-57-53-49-45-35-31-27-23-19-15-11-7-3/h9,11,13,15,21-23,25-27,33-35,37-38,41-45,83-85,90H,5-8,10,12,14,16-20,24,28-32,36,39-40,46-82H2,1-4H3,(H,95,96)(H,97,98)/b13-9-,15-11-,25-21-,26-22-,27-23-,37-33-,38-34-,43-41-,44-42-,45-35-. The molecular formula is C89H154O17P2. The highest BCUT2D eigenvalue weighted by Gasteiger charge is 2.30. The molecule has 0 aromatic carbocycles. The average molecular weight is 1560 g/mol. The summed E-state index contributed by atoms with van der Waals surface area (Å²) in [5, 5.41) is 10.7. The molecule has 0 bridgehead atoms. The minimum Gasteiger partial charge on any atom is -0.462 e. The fourth-order valence-electron chi connectivity index (χ4n) is 11.5. The van der Waals surface area contributed by atoms with Gasteiger partial charge in [0.05, 0.1) is 26.4 Å². The van der Waals surface area contributed by atoms with Crippen LogP contribution in [0.1, 0.15) is 362 Å². The molecular weight excluding hydrogens is 1400 g/mol. The van der Waals surface area contributed by atoms with Crippen LogP contribution < -0.4 is 0 Å². The number of phosphoric ester groups is 2. The molecule has 0 aromatic heterocycles. The summed E-state index contributed by atoms with van der Waals surface area (Å²) in [7, 11) is -9.98. The maximum absolute atomic E-state index is 13.1. The first-order valence-electron chi connectivity index (χ1n) is 42.8. The number of aliphatic hydroxyl groups excluding tert-OH is 1. The zero-order valence-corrected chi connectivity index (χ0v) is 70.0. The summed E-state index contributed by atoms with van der Waals surface area (Å²) in [6, 6.07) is 0. The Bertz CT molecular complexity index is 2520. The van der Waals surface area contributed by atoms with Gasteiger partial charge in [0.2, 0.25) is 0 Å². The molecule has 19 heteroatoms. The molecule has 0 saturated carbocycles. The number of carbonyl (C=O) groups is 4. The summed E-state index contributed by atoms with van der Waals surface area (Å²) in [5.74, 6) is -2.20. The van der Waals surface area contributed by atoms with Gasteiger partial charge >= 0.3 is 39.5 Å². The smallest absolute Gasteiger partial charge is 0.462 e. The Morgan fingerprint density at radius 3 is 0.759 bits per heavy atom. The van der Waals surface area contributed by atoms with Gasteiger partial charge in [0.25, 0.3) is 0 Å². The third-order valence-electron chi connectivity index (χ3n) is 17.9. The Kier molecular flexibility index (Phi) is 77.1. The number of rotatable bonds is 80. The van der Waals surface area contributed by atoms with Crippen molar-refractivity contribution in [3.05, 3.63) is 122 Å². The molecule has 622 valence electrons. The van der Waals surface area contributed by atoms with Crippen LogP contribution in [0.2, 0.25) is 0 Å². The lowest BCUT2D eigenvalue weighted by atomic mass is 10.0. The van der Waals surface area contributed by atoms with E-state index in [4.69, 9.17) is 37.0 Å². The molecule has 17 nitrogen and oxygen atoms in total. The van der Waals surface area contributed by atoms with Gasteiger partial charge in [0, 0.05) is 25.7 Å². The second kappa shape index (κ2) is 80.5. The molecule has 0 fully saturated rings. The Balaban J connectivity index is 5.40. The predicted molar refractivity (Wildman–Crippen MR) is 445 cm³/mol. The van der Waals surface area contributed by atoms with E-state index in [-0.39, 0.29) is 25.7 Å². The van der Waals surface area contributed by atoms with Gasteiger partial charge in [-0.2, -0.15) is 0 Å². The van der Waals surface area contributed by atoms with E-state index in [2.05, 4.69) is 149 Å². The summed E-state index contributed by atoms with van der Waals surface area (Å²) < 4.78 is 68.8. The molecule has 0 radical (unpaired) electrons. The number of hydrogen-bond donors (Lipinski definition) is 3. The molecule has 5 atom stereocenters. The fourth-order valence-corrected chi connectivity index (χ4v) is 13.0. The van der Waals surface area contributed by atoms with E-state index in [9.17, 15) is 43.2 Å². The lowest BCUT2D eigenvalue weighted by molar-refractivity contribution is -0.161. The third kappa shape index (κ3) is 79.5. The van der Waals surface area contributed by atoms with Crippen molar-refractivity contribution in [3.8, 4) is 0 Å². The minimum atomic E-state index is -4.99. The van der Waals surface area contributed by atoms with Crippen molar-refractivity contribution in [2.45, 2.75) is 380 Å². The normalized spacial score (nSPS) is 14.4. The van der Waals surface area contributed by atoms with Crippen molar-refractivity contribution in [2.24, 2.45) is 0 Å². The summed E-state index contributed by atoms with van der Waals surface area (Å²) in [4.78, 5) is 73.3. The highest BCUT2D eigenvalue weighted by atomic mass is 31.2. The van der Waals surface area contributed by atoms with Crippen LogP contribution in [0.25, 0.3) is 0 Å². The summed E-state index contributed by atoms with van der Waals surface area (Å²) in [6.45, 7) is 4.64. The van der Waals surface area contributed by atoms with Crippen molar-refractivity contribution < 1.29 is 80.2 Å². The Hall–Kier alpha value is -4.54. The van der Waals surface area contributed by atoms with Crippen molar-refractivity contribution >= 4 is 39.5 Å². The fraction of sp³-hybridized carbons (Fsp3) is 0.730. The van der Waals surface area contributed by atoms with Crippen LogP contribution >= 0.6 is 15.6 Å². The second-order valence-corrected chi connectivity index (χ2v) is 31.3. The van der Waals surface area contributed by atoms with E-state index >= 15 is 0 Å². The van der Waals surface area contributed by atoms with Crippen LogP contribution in [0.15, 0.2) is 122 Å². The Morgan fingerprint density at radius 2 is 0.481 bits per heavy atom. The van der Waals surface area contributed by atoms with Gasteiger partial charge in [0.1, 0.15) is 19.3 Å². The Morgan fingerprint density at radius 1 is 0.269 bits per heavy atom. The predicted octanol–water partition coefficient (Wildman–Crippen LogP) is 25.5. The molecule has 3 N–H and O–H groups in total. The van der Waals surface area contributed by atoms with Gasteiger partial charge in [-0.25, -0.2) is 9.13 Å². The van der Waals surface area contributed by atoms with Gasteiger partial charge in [-0.1, -0.05) is 323 Å². The highest BCUT2D eigenvalue weighted by molar-refractivity contribution is 7.47. The van der Waals surface area contributed by atoms with Gasteiger partial charge in [-0.15, -0.1) is 0 Å². The number of carbonyl (C=O) groups excluding carboxylic acids is 4. The zero-order chi connectivity index (χ0) is 78.9. The lowest BCUT2D eigenvalue weighted by Crippen LogP contribution is -2.30. The van der Waals surface area contributed by atoms with Crippen LogP contribution in [0.4, 0.5) is 0 Å². The second-order valence-electron chi connectivity index (χ2n) is 28.4. The first kappa shape index (κ1) is 103. The molecule has 0 aliphatic rings. The first-order valence-corrected chi connectivity index (χ1v) is 45.8. The molecule has 0 amide bonds. The van der Waals surface area contributed by atoms with Gasteiger partial charge in [-0.3, -0.25) is 37.3 Å². The van der Waals surface area contributed by atoms with E-state index in [0.29, 0.717) is 25.7 Å². The number of phosphoric acid groups is 2. The first-order chi connectivity index (χ1) is 52.7. The van der Waals surface area contributed by atoms with Crippen LogP contribution in [0, 0.1) is 0 Å². The van der Waals surface area contributed by atoms with Crippen molar-refractivity contribution in [1.29, 1.82) is 0 Å². The Labute approximate surface area is 657 Å². The van der Waals surface area contributed by atoms with E-state index in [1.165, 1.54) is 83.5 Å².